The summed E-state index contributed by atoms with van der Waals surface area (Å²) in [5, 5.41) is 8.18. The molecule has 2 aromatic heterocycles. The lowest BCUT2D eigenvalue weighted by Gasteiger charge is -2.12. The van der Waals surface area contributed by atoms with Gasteiger partial charge in [-0.2, -0.15) is 5.10 Å². The van der Waals surface area contributed by atoms with E-state index in [4.69, 9.17) is 5.73 Å². The van der Waals surface area contributed by atoms with Crippen LogP contribution in [0, 0.1) is 0 Å². The Bertz CT molecular complexity index is 491. The fourth-order valence-corrected chi connectivity index (χ4v) is 2.20. The zero-order valence-corrected chi connectivity index (χ0v) is 10.4. The van der Waals surface area contributed by atoms with E-state index in [1.54, 1.807) is 0 Å². The van der Waals surface area contributed by atoms with Gasteiger partial charge in [0.25, 0.3) is 0 Å². The van der Waals surface area contributed by atoms with E-state index in [0.717, 1.165) is 23.9 Å². The number of hydrogen-bond acceptors (Lipinski definition) is 4. The van der Waals surface area contributed by atoms with Crippen LogP contribution in [0.25, 0.3) is 11.0 Å². The molecule has 0 spiro atoms. The van der Waals surface area contributed by atoms with Crippen molar-refractivity contribution in [1.82, 2.24) is 20.2 Å². The largest absolute Gasteiger partial charge is 0.383 e. The van der Waals surface area contributed by atoms with Crippen molar-refractivity contribution < 1.29 is 0 Å². The van der Waals surface area contributed by atoms with Gasteiger partial charge in [-0.1, -0.05) is 26.7 Å². The molecule has 0 aliphatic carbocycles. The van der Waals surface area contributed by atoms with Crippen molar-refractivity contribution in [2.45, 2.75) is 45.4 Å². The van der Waals surface area contributed by atoms with E-state index < -0.39 is 0 Å². The van der Waals surface area contributed by atoms with Crippen LogP contribution in [-0.2, 0) is 0 Å². The number of fused-ring (bicyclic) bond motifs is 1. The molecule has 17 heavy (non-hydrogen) atoms. The minimum absolute atomic E-state index is 0.466. The standard InChI is InChI=1S/C12H19N5/c1-3-5-6-8(4-2)10-9-11(13)14-7-15-12(9)17-16-10/h7-8H,3-6H2,1-2H3,(H3,13,14,15,16,17). The Balaban J connectivity index is 2.39. The molecule has 0 bridgehead atoms. The molecule has 92 valence electrons. The molecule has 1 atom stereocenters. The van der Waals surface area contributed by atoms with Gasteiger partial charge >= 0.3 is 0 Å². The van der Waals surface area contributed by atoms with Crippen molar-refractivity contribution in [3.63, 3.8) is 0 Å². The second-order valence-corrected chi connectivity index (χ2v) is 4.34. The predicted octanol–water partition coefficient (Wildman–Crippen LogP) is 2.62. The maximum Gasteiger partial charge on any atom is 0.186 e. The SMILES string of the molecule is CCCCC(CC)c1[nH]nc2ncnc(N)c12. The molecular weight excluding hydrogens is 214 g/mol. The first-order chi connectivity index (χ1) is 8.27. The third-order valence-electron chi connectivity index (χ3n) is 3.22. The van der Waals surface area contributed by atoms with Gasteiger partial charge in [0.15, 0.2) is 5.65 Å². The van der Waals surface area contributed by atoms with Gasteiger partial charge in [-0.25, -0.2) is 9.97 Å². The Hall–Kier alpha value is -1.65. The lowest BCUT2D eigenvalue weighted by molar-refractivity contribution is 0.559. The fourth-order valence-electron chi connectivity index (χ4n) is 2.20. The molecule has 5 heteroatoms. The third-order valence-corrected chi connectivity index (χ3v) is 3.22. The van der Waals surface area contributed by atoms with Crippen molar-refractivity contribution in [3.8, 4) is 0 Å². The van der Waals surface area contributed by atoms with Crippen LogP contribution in [-0.4, -0.2) is 20.2 Å². The molecule has 3 N–H and O–H groups in total. The molecule has 0 aromatic carbocycles. The Labute approximate surface area is 101 Å². The lowest BCUT2D eigenvalue weighted by Crippen LogP contribution is -2.01. The van der Waals surface area contributed by atoms with E-state index in [2.05, 4.69) is 34.0 Å². The number of H-pyrrole nitrogens is 1. The monoisotopic (exact) mass is 233 g/mol. The van der Waals surface area contributed by atoms with Gasteiger partial charge in [0, 0.05) is 5.92 Å². The van der Waals surface area contributed by atoms with Gasteiger partial charge in [-0.05, 0) is 12.8 Å². The summed E-state index contributed by atoms with van der Waals surface area (Å²) in [5.74, 6) is 0.988. The number of nitrogens with two attached hydrogens (primary N) is 1. The highest BCUT2D eigenvalue weighted by Gasteiger charge is 2.17. The summed E-state index contributed by atoms with van der Waals surface area (Å²) in [7, 11) is 0. The predicted molar refractivity (Wildman–Crippen MR) is 68.7 cm³/mol. The number of nitrogen functional groups attached to an aromatic ring is 1. The Morgan fingerprint density at radius 1 is 1.35 bits per heavy atom. The number of anilines is 1. The minimum Gasteiger partial charge on any atom is -0.383 e. The zero-order chi connectivity index (χ0) is 12.3. The highest BCUT2D eigenvalue weighted by molar-refractivity contribution is 5.87. The molecule has 2 rings (SSSR count). The number of hydrogen-bond donors (Lipinski definition) is 2. The quantitative estimate of drug-likeness (QED) is 0.831. The van der Waals surface area contributed by atoms with E-state index in [1.807, 2.05) is 0 Å². The lowest BCUT2D eigenvalue weighted by atomic mass is 9.94. The zero-order valence-electron chi connectivity index (χ0n) is 10.4. The number of aromatic amines is 1. The molecule has 1 unspecified atom stereocenters. The van der Waals surface area contributed by atoms with Crippen LogP contribution in [0.5, 0.6) is 0 Å². The van der Waals surface area contributed by atoms with Crippen LogP contribution in [0.1, 0.15) is 51.1 Å². The van der Waals surface area contributed by atoms with Gasteiger partial charge in [0.05, 0.1) is 11.1 Å². The molecule has 0 fully saturated rings. The molecule has 0 radical (unpaired) electrons. The average molecular weight is 233 g/mol. The van der Waals surface area contributed by atoms with E-state index >= 15 is 0 Å². The first-order valence-corrected chi connectivity index (χ1v) is 6.22. The molecule has 5 nitrogen and oxygen atoms in total. The van der Waals surface area contributed by atoms with E-state index in [9.17, 15) is 0 Å². The van der Waals surface area contributed by atoms with Crippen molar-refractivity contribution in [2.24, 2.45) is 0 Å². The first-order valence-electron chi connectivity index (χ1n) is 6.22. The fraction of sp³-hybridized carbons (Fsp3) is 0.583. The van der Waals surface area contributed by atoms with E-state index in [0.29, 0.717) is 17.4 Å². The van der Waals surface area contributed by atoms with Gasteiger partial charge in [0.1, 0.15) is 12.1 Å². The van der Waals surface area contributed by atoms with Crippen LogP contribution >= 0.6 is 0 Å². The van der Waals surface area contributed by atoms with Gasteiger partial charge in [-0.3, -0.25) is 5.10 Å². The Morgan fingerprint density at radius 3 is 2.88 bits per heavy atom. The summed E-state index contributed by atoms with van der Waals surface area (Å²) in [5.41, 5.74) is 7.67. The second kappa shape index (κ2) is 5.12. The van der Waals surface area contributed by atoms with Crippen molar-refractivity contribution >= 4 is 16.9 Å². The summed E-state index contributed by atoms with van der Waals surface area (Å²) in [6.07, 6.45) is 6.10. The average Bonchev–Trinajstić information content (AvgIpc) is 2.76. The highest BCUT2D eigenvalue weighted by Crippen LogP contribution is 2.30. The molecule has 0 amide bonds. The summed E-state index contributed by atoms with van der Waals surface area (Å²) in [6, 6.07) is 0. The topological polar surface area (TPSA) is 80.5 Å². The number of aromatic nitrogens is 4. The van der Waals surface area contributed by atoms with Crippen molar-refractivity contribution in [3.05, 3.63) is 12.0 Å². The number of nitrogens with one attached hydrogen (secondary N) is 1. The number of unbranched alkanes of at least 4 members (excludes halogenated alkanes) is 1. The minimum atomic E-state index is 0.466. The molecule has 0 aliphatic rings. The maximum atomic E-state index is 5.91. The van der Waals surface area contributed by atoms with Crippen LogP contribution < -0.4 is 5.73 Å². The molecular formula is C12H19N5. The van der Waals surface area contributed by atoms with Crippen LogP contribution in [0.4, 0.5) is 5.82 Å². The summed E-state index contributed by atoms with van der Waals surface area (Å²) in [6.45, 7) is 4.39. The smallest absolute Gasteiger partial charge is 0.186 e. The molecule has 2 aromatic rings. The first kappa shape index (κ1) is 11.8. The van der Waals surface area contributed by atoms with E-state index in [1.165, 1.54) is 19.2 Å². The summed E-state index contributed by atoms with van der Waals surface area (Å²) < 4.78 is 0. The van der Waals surface area contributed by atoms with Crippen LogP contribution in [0.2, 0.25) is 0 Å². The van der Waals surface area contributed by atoms with E-state index in [-0.39, 0.29) is 0 Å². The third kappa shape index (κ3) is 2.23. The van der Waals surface area contributed by atoms with Crippen molar-refractivity contribution in [2.75, 3.05) is 5.73 Å². The van der Waals surface area contributed by atoms with Crippen LogP contribution in [0.15, 0.2) is 6.33 Å². The Kier molecular flexibility index (Phi) is 3.56. The van der Waals surface area contributed by atoms with Gasteiger partial charge in [-0.15, -0.1) is 0 Å². The van der Waals surface area contributed by atoms with Gasteiger partial charge in [0.2, 0.25) is 0 Å². The molecule has 2 heterocycles. The molecule has 0 saturated heterocycles. The summed E-state index contributed by atoms with van der Waals surface area (Å²) in [4.78, 5) is 8.17. The second-order valence-electron chi connectivity index (χ2n) is 4.34. The van der Waals surface area contributed by atoms with Crippen LogP contribution in [0.3, 0.4) is 0 Å². The normalized spacial score (nSPS) is 13.1. The van der Waals surface area contributed by atoms with Crippen molar-refractivity contribution in [1.29, 1.82) is 0 Å². The highest BCUT2D eigenvalue weighted by atomic mass is 15.2. The summed E-state index contributed by atoms with van der Waals surface area (Å²) >= 11 is 0. The van der Waals surface area contributed by atoms with Gasteiger partial charge < -0.3 is 5.73 Å². The number of rotatable bonds is 5. The molecule has 0 aliphatic heterocycles. The number of nitrogens with zero attached hydrogens (tertiary/aromatic N) is 3. The molecule has 0 saturated carbocycles. The Morgan fingerprint density at radius 2 is 2.18 bits per heavy atom. The maximum absolute atomic E-state index is 5.91.